The SMILES string of the molecule is COc1cc(Cl)ccc1Oc1cc(C(F)(F)F)ccc1C(O)Nc1cccc(S(N)(=O)=O)c1. The van der Waals surface area contributed by atoms with Crippen LogP contribution < -0.4 is 19.9 Å². The number of ether oxygens (including phenoxy) is 2. The number of anilines is 1. The minimum absolute atomic E-state index is 0.0546. The van der Waals surface area contributed by atoms with Crippen molar-refractivity contribution >= 4 is 27.3 Å². The van der Waals surface area contributed by atoms with Crippen LogP contribution in [0.5, 0.6) is 17.2 Å². The first kappa shape index (κ1) is 24.6. The summed E-state index contributed by atoms with van der Waals surface area (Å²) in [6, 6.07) is 12.1. The smallest absolute Gasteiger partial charge is 0.416 e. The van der Waals surface area contributed by atoms with E-state index in [1.54, 1.807) is 0 Å². The number of nitrogens with one attached hydrogen (secondary N) is 1. The third-order valence-corrected chi connectivity index (χ3v) is 5.59. The third kappa shape index (κ3) is 6.08. The molecule has 0 fully saturated rings. The normalized spacial score (nSPS) is 12.8. The van der Waals surface area contributed by atoms with E-state index in [9.17, 15) is 26.7 Å². The zero-order valence-corrected chi connectivity index (χ0v) is 18.5. The lowest BCUT2D eigenvalue weighted by Crippen LogP contribution is -2.15. The molecule has 3 aromatic carbocycles. The van der Waals surface area contributed by atoms with Crippen LogP contribution in [-0.4, -0.2) is 20.6 Å². The van der Waals surface area contributed by atoms with Crippen molar-refractivity contribution in [3.63, 3.8) is 0 Å². The maximum Gasteiger partial charge on any atom is 0.416 e. The Bertz CT molecular complexity index is 1270. The molecule has 1 unspecified atom stereocenters. The molecule has 1 atom stereocenters. The average molecular weight is 503 g/mol. The van der Waals surface area contributed by atoms with Crippen LogP contribution in [-0.2, 0) is 16.2 Å². The van der Waals surface area contributed by atoms with Gasteiger partial charge in [0.2, 0.25) is 10.0 Å². The molecule has 33 heavy (non-hydrogen) atoms. The number of primary sulfonamides is 1. The van der Waals surface area contributed by atoms with Crippen LogP contribution >= 0.6 is 11.6 Å². The molecule has 0 aromatic heterocycles. The van der Waals surface area contributed by atoms with Crippen LogP contribution in [0, 0.1) is 0 Å². The Morgan fingerprint density at radius 3 is 2.39 bits per heavy atom. The van der Waals surface area contributed by atoms with Crippen molar-refractivity contribution in [3.05, 3.63) is 76.8 Å². The third-order valence-electron chi connectivity index (χ3n) is 4.45. The highest BCUT2D eigenvalue weighted by Gasteiger charge is 2.32. The number of nitrogens with two attached hydrogens (primary N) is 1. The van der Waals surface area contributed by atoms with Crippen LogP contribution in [0.2, 0.25) is 5.02 Å². The molecule has 3 rings (SSSR count). The maximum absolute atomic E-state index is 13.3. The van der Waals surface area contributed by atoms with Gasteiger partial charge in [0.1, 0.15) is 5.75 Å². The molecule has 0 aliphatic carbocycles. The molecule has 3 aromatic rings. The second-order valence-corrected chi connectivity index (χ2v) is 8.77. The molecule has 0 bridgehead atoms. The first-order chi connectivity index (χ1) is 15.4. The van der Waals surface area contributed by atoms with Gasteiger partial charge in [-0.2, -0.15) is 13.2 Å². The van der Waals surface area contributed by atoms with Crippen molar-refractivity contribution in [2.75, 3.05) is 12.4 Å². The predicted octanol–water partition coefficient (Wildman–Crippen LogP) is 4.91. The summed E-state index contributed by atoms with van der Waals surface area (Å²) in [5.41, 5.74) is -0.900. The first-order valence-corrected chi connectivity index (χ1v) is 11.1. The Morgan fingerprint density at radius 2 is 1.76 bits per heavy atom. The topological polar surface area (TPSA) is 111 Å². The lowest BCUT2D eigenvalue weighted by Gasteiger charge is -2.20. The molecule has 4 N–H and O–H groups in total. The fourth-order valence-electron chi connectivity index (χ4n) is 2.87. The standard InChI is InChI=1S/C21H18ClF3N2O5S/c1-31-19-10-13(22)6-8-17(19)32-18-9-12(21(23,24)25)5-7-16(18)20(28)27-14-3-2-4-15(11-14)33(26,29)30/h2-11,20,27-28H,1H3,(H2,26,29,30). The second-order valence-electron chi connectivity index (χ2n) is 6.77. The van der Waals surface area contributed by atoms with E-state index < -0.39 is 28.0 Å². The fraction of sp³-hybridized carbons (Fsp3) is 0.143. The highest BCUT2D eigenvalue weighted by atomic mass is 35.5. The summed E-state index contributed by atoms with van der Waals surface area (Å²) in [5.74, 6) is -0.0897. The van der Waals surface area contributed by atoms with Gasteiger partial charge in [-0.3, -0.25) is 0 Å². The summed E-state index contributed by atoms with van der Waals surface area (Å²) in [4.78, 5) is -0.213. The number of hydrogen-bond donors (Lipinski definition) is 3. The highest BCUT2D eigenvalue weighted by molar-refractivity contribution is 7.89. The summed E-state index contributed by atoms with van der Waals surface area (Å²) in [7, 11) is -2.67. The van der Waals surface area contributed by atoms with Crippen LogP contribution in [0.4, 0.5) is 18.9 Å². The van der Waals surface area contributed by atoms with Crippen molar-refractivity contribution in [1.29, 1.82) is 0 Å². The number of rotatable bonds is 7. The zero-order chi connectivity index (χ0) is 24.4. The van der Waals surface area contributed by atoms with Crippen molar-refractivity contribution in [1.82, 2.24) is 0 Å². The number of aliphatic hydroxyl groups is 1. The largest absolute Gasteiger partial charge is 0.493 e. The van der Waals surface area contributed by atoms with Crippen LogP contribution in [0.25, 0.3) is 0 Å². The van der Waals surface area contributed by atoms with E-state index in [0.29, 0.717) is 5.02 Å². The molecule has 0 radical (unpaired) electrons. The monoisotopic (exact) mass is 502 g/mol. The maximum atomic E-state index is 13.3. The van der Waals surface area contributed by atoms with Gasteiger partial charge in [0.25, 0.3) is 0 Å². The van der Waals surface area contributed by atoms with Crippen molar-refractivity contribution < 1.29 is 36.2 Å². The zero-order valence-electron chi connectivity index (χ0n) is 16.9. The Kier molecular flexibility index (Phi) is 7.08. The molecular weight excluding hydrogens is 485 g/mol. The lowest BCUT2D eigenvalue weighted by molar-refractivity contribution is -0.137. The number of aliphatic hydroxyl groups excluding tert-OH is 1. The molecule has 0 spiro atoms. The molecule has 0 aliphatic heterocycles. The summed E-state index contributed by atoms with van der Waals surface area (Å²) >= 11 is 5.91. The fourth-order valence-corrected chi connectivity index (χ4v) is 3.59. The van der Waals surface area contributed by atoms with E-state index in [2.05, 4.69) is 5.32 Å². The van der Waals surface area contributed by atoms with Gasteiger partial charge >= 0.3 is 6.18 Å². The second kappa shape index (κ2) is 9.48. The van der Waals surface area contributed by atoms with Crippen LogP contribution in [0.15, 0.2) is 65.6 Å². The van der Waals surface area contributed by atoms with Crippen molar-refractivity contribution in [2.45, 2.75) is 17.3 Å². The molecule has 0 saturated heterocycles. The van der Waals surface area contributed by atoms with Gasteiger partial charge in [-0.25, -0.2) is 13.6 Å². The van der Waals surface area contributed by atoms with E-state index in [4.69, 9.17) is 26.2 Å². The number of methoxy groups -OCH3 is 1. The predicted molar refractivity (Wildman–Crippen MR) is 116 cm³/mol. The van der Waals surface area contributed by atoms with E-state index >= 15 is 0 Å². The summed E-state index contributed by atoms with van der Waals surface area (Å²) in [5, 5.41) is 18.7. The average Bonchev–Trinajstić information content (AvgIpc) is 2.73. The van der Waals surface area contributed by atoms with Crippen molar-refractivity contribution in [3.8, 4) is 17.2 Å². The van der Waals surface area contributed by atoms with Gasteiger partial charge < -0.3 is 19.9 Å². The van der Waals surface area contributed by atoms with Gasteiger partial charge in [0.05, 0.1) is 17.6 Å². The van der Waals surface area contributed by atoms with E-state index in [1.807, 2.05) is 0 Å². The van der Waals surface area contributed by atoms with Crippen LogP contribution in [0.3, 0.4) is 0 Å². The van der Waals surface area contributed by atoms with E-state index in [0.717, 1.165) is 18.2 Å². The minimum Gasteiger partial charge on any atom is -0.493 e. The van der Waals surface area contributed by atoms with Gasteiger partial charge in [0.15, 0.2) is 17.7 Å². The van der Waals surface area contributed by atoms with Gasteiger partial charge in [-0.05, 0) is 42.5 Å². The number of halogens is 4. The Balaban J connectivity index is 2.01. The lowest BCUT2D eigenvalue weighted by atomic mass is 10.1. The summed E-state index contributed by atoms with van der Waals surface area (Å²) in [6.07, 6.45) is -6.24. The Morgan fingerprint density at radius 1 is 1.03 bits per heavy atom. The molecule has 176 valence electrons. The molecule has 0 saturated carbocycles. The number of alkyl halides is 3. The summed E-state index contributed by atoms with van der Waals surface area (Å²) in [6.45, 7) is 0. The van der Waals surface area contributed by atoms with Gasteiger partial charge in [0, 0.05) is 22.3 Å². The van der Waals surface area contributed by atoms with E-state index in [-0.39, 0.29) is 33.4 Å². The van der Waals surface area contributed by atoms with Gasteiger partial charge in [-0.1, -0.05) is 23.7 Å². The Hall–Kier alpha value is -2.99. The van der Waals surface area contributed by atoms with Gasteiger partial charge in [-0.15, -0.1) is 0 Å². The number of sulfonamides is 1. The minimum atomic E-state index is -4.66. The summed E-state index contributed by atoms with van der Waals surface area (Å²) < 4.78 is 73.8. The molecule has 12 heteroatoms. The van der Waals surface area contributed by atoms with E-state index in [1.165, 1.54) is 49.6 Å². The molecule has 0 amide bonds. The molecule has 7 nitrogen and oxygen atoms in total. The quantitative estimate of drug-likeness (QED) is 0.396. The van der Waals surface area contributed by atoms with Crippen LogP contribution in [0.1, 0.15) is 17.4 Å². The molecular formula is C21H18ClF3N2O5S. The highest BCUT2D eigenvalue weighted by Crippen LogP contribution is 2.40. The number of benzene rings is 3. The van der Waals surface area contributed by atoms with Crippen molar-refractivity contribution in [2.24, 2.45) is 5.14 Å². The molecule has 0 heterocycles. The first-order valence-electron chi connectivity index (χ1n) is 9.18. The Labute approximate surface area is 192 Å². The number of hydrogen-bond acceptors (Lipinski definition) is 6. The molecule has 0 aliphatic rings.